The summed E-state index contributed by atoms with van der Waals surface area (Å²) in [5.74, 6) is 0.757. The number of aromatic amines is 2. The van der Waals surface area contributed by atoms with Gasteiger partial charge in [-0.1, -0.05) is 10.2 Å². The third kappa shape index (κ3) is 2.06. The van der Waals surface area contributed by atoms with E-state index in [0.717, 1.165) is 0 Å². The molecule has 2 aromatic rings. The number of nitrogens with one attached hydrogen (secondary N) is 3. The van der Waals surface area contributed by atoms with Gasteiger partial charge in [-0.25, -0.2) is 10.2 Å². The van der Waals surface area contributed by atoms with E-state index in [-0.39, 0.29) is 35.6 Å². The van der Waals surface area contributed by atoms with Gasteiger partial charge in [0.1, 0.15) is 0 Å². The Morgan fingerprint density at radius 2 is 1.42 bits per heavy atom. The molecule has 0 amide bonds. The van der Waals surface area contributed by atoms with E-state index in [1.54, 1.807) is 0 Å². The van der Waals surface area contributed by atoms with Crippen molar-refractivity contribution in [2.45, 2.75) is 0 Å². The van der Waals surface area contributed by atoms with Gasteiger partial charge in [-0.05, 0) is 20.9 Å². The molecule has 2 heterocycles. The standard InChI is InChI=1S/C2H3N9.La/c3(1-4-8-9-5-1)2-6-10-11-7-2;/h(H3,3,4,5,6,7,8,9,10,11);. The van der Waals surface area contributed by atoms with Gasteiger partial charge in [0.05, 0.1) is 0 Å². The summed E-state index contributed by atoms with van der Waals surface area (Å²) in [5.41, 5.74) is 0. The Bertz CT molecular complexity index is 265. The number of hydrogen-bond acceptors (Lipinski definition) is 7. The number of nitrogens with zero attached hydrogens (tertiary/aromatic N) is 6. The Morgan fingerprint density at radius 3 is 1.75 bits per heavy atom. The van der Waals surface area contributed by atoms with E-state index < -0.39 is 0 Å². The maximum Gasteiger partial charge on any atom is 0.247 e. The summed E-state index contributed by atoms with van der Waals surface area (Å²) in [4.78, 5) is 0. The minimum Gasteiger partial charge on any atom is -0.291 e. The number of rotatable bonds is 2. The molecule has 0 unspecified atom stereocenters. The molecule has 3 N–H and O–H groups in total. The van der Waals surface area contributed by atoms with E-state index in [0.29, 0.717) is 11.9 Å². The van der Waals surface area contributed by atoms with Crippen molar-refractivity contribution in [2.75, 3.05) is 5.32 Å². The van der Waals surface area contributed by atoms with Gasteiger partial charge in [-0.3, -0.25) is 5.32 Å². The van der Waals surface area contributed by atoms with Crippen molar-refractivity contribution in [3.8, 4) is 0 Å². The first-order valence-electron chi connectivity index (χ1n) is 2.69. The summed E-state index contributed by atoms with van der Waals surface area (Å²) in [6.07, 6.45) is 0. The molecule has 10 heteroatoms. The average molecular weight is 292 g/mol. The van der Waals surface area contributed by atoms with Gasteiger partial charge in [-0.15, -0.1) is 0 Å². The van der Waals surface area contributed by atoms with Crippen LogP contribution in [0.4, 0.5) is 11.9 Å². The van der Waals surface area contributed by atoms with Crippen LogP contribution in [0.1, 0.15) is 0 Å². The average Bonchev–Trinajstić information content (AvgIpc) is 2.60. The molecule has 0 spiro atoms. The van der Waals surface area contributed by atoms with Gasteiger partial charge in [0.25, 0.3) is 0 Å². The van der Waals surface area contributed by atoms with E-state index in [1.807, 2.05) is 0 Å². The number of H-pyrrole nitrogens is 2. The first-order chi connectivity index (χ1) is 5.45. The molecule has 0 saturated carbocycles. The Kier molecular flexibility index (Phi) is 3.25. The molecule has 9 nitrogen and oxygen atoms in total. The zero-order chi connectivity index (χ0) is 7.52. The predicted octanol–water partition coefficient (Wildman–Crippen LogP) is -1.54. The third-order valence-electron chi connectivity index (χ3n) is 0.927. The Morgan fingerprint density at radius 1 is 0.917 bits per heavy atom. The van der Waals surface area contributed by atoms with Crippen molar-refractivity contribution in [1.29, 1.82) is 0 Å². The minimum atomic E-state index is 0. The molecule has 0 aromatic carbocycles. The van der Waals surface area contributed by atoms with Crippen molar-refractivity contribution in [1.82, 2.24) is 41.2 Å². The monoisotopic (exact) mass is 292 g/mol. The van der Waals surface area contributed by atoms with Gasteiger partial charge in [0.15, 0.2) is 0 Å². The fourth-order valence-electron chi connectivity index (χ4n) is 0.536. The summed E-state index contributed by atoms with van der Waals surface area (Å²) in [6, 6.07) is 0. The number of tetrazole rings is 2. The number of hydrogen-bond donors (Lipinski definition) is 3. The van der Waals surface area contributed by atoms with Crippen LogP contribution in [0.25, 0.3) is 0 Å². The van der Waals surface area contributed by atoms with Crippen LogP contribution < -0.4 is 5.32 Å². The van der Waals surface area contributed by atoms with E-state index in [1.165, 1.54) is 0 Å². The Balaban J connectivity index is 0.000000720. The molecule has 0 aliphatic heterocycles. The fraction of sp³-hybridized carbons (Fsp3) is 0. The molecule has 1 radical (unpaired) electrons. The van der Waals surface area contributed by atoms with Crippen LogP contribution >= 0.6 is 0 Å². The predicted molar refractivity (Wildman–Crippen MR) is 31.6 cm³/mol. The van der Waals surface area contributed by atoms with Crippen LogP contribution in [0, 0.1) is 35.6 Å². The van der Waals surface area contributed by atoms with Crippen molar-refractivity contribution < 1.29 is 35.6 Å². The summed E-state index contributed by atoms with van der Waals surface area (Å²) in [6.45, 7) is 0. The number of aromatic nitrogens is 8. The van der Waals surface area contributed by atoms with Crippen molar-refractivity contribution in [3.05, 3.63) is 0 Å². The molecule has 0 aliphatic rings. The summed E-state index contributed by atoms with van der Waals surface area (Å²) < 4.78 is 0. The molecular formula is C2H3LaN9. The van der Waals surface area contributed by atoms with Gasteiger partial charge in [0, 0.05) is 35.6 Å². The first kappa shape index (κ1) is 9.22. The van der Waals surface area contributed by atoms with E-state index in [4.69, 9.17) is 0 Å². The van der Waals surface area contributed by atoms with Crippen molar-refractivity contribution >= 4 is 11.9 Å². The largest absolute Gasteiger partial charge is 0.291 e. The van der Waals surface area contributed by atoms with Crippen LogP contribution in [0.5, 0.6) is 0 Å². The normalized spacial score (nSPS) is 9.00. The summed E-state index contributed by atoms with van der Waals surface area (Å²) in [7, 11) is 0. The zero-order valence-electron chi connectivity index (χ0n) is 5.76. The van der Waals surface area contributed by atoms with E-state index in [2.05, 4.69) is 46.6 Å². The van der Waals surface area contributed by atoms with Crippen LogP contribution in [0.2, 0.25) is 0 Å². The SMILES string of the molecule is [La].n1n[nH]c(Nc2nnn[nH]2)n1. The van der Waals surface area contributed by atoms with E-state index >= 15 is 0 Å². The topological polar surface area (TPSA) is 121 Å². The van der Waals surface area contributed by atoms with Gasteiger partial charge in [0.2, 0.25) is 11.9 Å². The zero-order valence-corrected chi connectivity index (χ0v) is 9.39. The van der Waals surface area contributed by atoms with Gasteiger partial charge < -0.3 is 0 Å². The first-order valence-corrected chi connectivity index (χ1v) is 2.69. The molecule has 0 fully saturated rings. The molecule has 0 saturated heterocycles. The van der Waals surface area contributed by atoms with Crippen LogP contribution in [-0.2, 0) is 0 Å². The molecule has 0 aliphatic carbocycles. The molecule has 2 rings (SSSR count). The molecule has 12 heavy (non-hydrogen) atoms. The smallest absolute Gasteiger partial charge is 0.247 e. The maximum absolute atomic E-state index is 3.55. The molecule has 0 atom stereocenters. The molecule has 2 aromatic heterocycles. The quantitative estimate of drug-likeness (QED) is 0.613. The van der Waals surface area contributed by atoms with E-state index in [9.17, 15) is 0 Å². The fourth-order valence-corrected chi connectivity index (χ4v) is 0.536. The number of anilines is 2. The second kappa shape index (κ2) is 4.23. The third-order valence-corrected chi connectivity index (χ3v) is 0.927. The molecular weight excluding hydrogens is 289 g/mol. The van der Waals surface area contributed by atoms with Crippen molar-refractivity contribution in [3.63, 3.8) is 0 Å². The molecule has 59 valence electrons. The van der Waals surface area contributed by atoms with Crippen LogP contribution in [0.3, 0.4) is 0 Å². The van der Waals surface area contributed by atoms with Crippen molar-refractivity contribution in [2.24, 2.45) is 0 Å². The Hall–Kier alpha value is -0.865. The summed E-state index contributed by atoms with van der Waals surface area (Å²) >= 11 is 0. The van der Waals surface area contributed by atoms with Crippen LogP contribution in [-0.4, -0.2) is 41.2 Å². The second-order valence-corrected chi connectivity index (χ2v) is 1.62. The Labute approximate surface area is 93.7 Å². The summed E-state index contributed by atoms with van der Waals surface area (Å²) in [5, 5.41) is 28.1. The maximum atomic E-state index is 3.55. The van der Waals surface area contributed by atoms with Crippen LogP contribution in [0.15, 0.2) is 0 Å². The van der Waals surface area contributed by atoms with Gasteiger partial charge in [-0.2, -0.15) is 0 Å². The second-order valence-electron chi connectivity index (χ2n) is 1.62. The molecule has 0 bridgehead atoms. The van der Waals surface area contributed by atoms with Gasteiger partial charge >= 0.3 is 0 Å². The minimum absolute atomic E-state index is 0.